The van der Waals surface area contributed by atoms with Crippen molar-refractivity contribution in [2.45, 2.75) is 25.0 Å². The van der Waals surface area contributed by atoms with E-state index in [9.17, 15) is 24.0 Å². The first-order chi connectivity index (χ1) is 13.3. The molecular weight excluding hydrogens is 386 g/mol. The summed E-state index contributed by atoms with van der Waals surface area (Å²) in [5, 5.41) is 14.8. The number of thioether (sulfide) groups is 1. The Balaban J connectivity index is 2.22. The van der Waals surface area contributed by atoms with Crippen LogP contribution in [0.25, 0.3) is 0 Å². The van der Waals surface area contributed by atoms with Crippen LogP contribution in [0, 0.1) is 0 Å². The van der Waals surface area contributed by atoms with Crippen molar-refractivity contribution in [1.29, 1.82) is 0 Å². The zero-order valence-corrected chi connectivity index (χ0v) is 16.2. The predicted molar refractivity (Wildman–Crippen MR) is 104 cm³/mol. The van der Waals surface area contributed by atoms with Crippen molar-refractivity contribution in [2.75, 3.05) is 19.6 Å². The van der Waals surface area contributed by atoms with Crippen LogP contribution in [0.3, 0.4) is 0 Å². The maximum Gasteiger partial charge on any atom is 0.303 e. The molecule has 0 heterocycles. The van der Waals surface area contributed by atoms with E-state index in [1.54, 1.807) is 37.3 Å². The van der Waals surface area contributed by atoms with Gasteiger partial charge in [-0.15, -0.1) is 0 Å². The monoisotopic (exact) mass is 409 g/mol. The highest BCUT2D eigenvalue weighted by Gasteiger charge is 2.19. The van der Waals surface area contributed by atoms with Crippen molar-refractivity contribution in [3.63, 3.8) is 0 Å². The Bertz CT molecular complexity index is 711. The number of aliphatic carboxylic acids is 1. The van der Waals surface area contributed by atoms with Gasteiger partial charge in [-0.2, -0.15) is 0 Å². The van der Waals surface area contributed by atoms with Gasteiger partial charge in [0.25, 0.3) is 0 Å². The zero-order valence-electron chi connectivity index (χ0n) is 15.4. The first-order valence-electron chi connectivity index (χ1n) is 8.58. The van der Waals surface area contributed by atoms with E-state index in [4.69, 9.17) is 5.11 Å². The highest BCUT2D eigenvalue weighted by molar-refractivity contribution is 8.15. The number of nitrogens with one attached hydrogen (secondary N) is 3. The molecule has 1 rings (SSSR count). The van der Waals surface area contributed by atoms with Crippen LogP contribution in [-0.4, -0.2) is 58.8 Å². The molecule has 1 atom stereocenters. The molecule has 0 aliphatic rings. The van der Waals surface area contributed by atoms with E-state index in [0.717, 1.165) is 11.8 Å². The molecule has 0 bridgehead atoms. The molecule has 1 unspecified atom stereocenters. The first kappa shape index (κ1) is 23.2. The van der Waals surface area contributed by atoms with Crippen LogP contribution in [0.4, 0.5) is 0 Å². The van der Waals surface area contributed by atoms with E-state index in [1.165, 1.54) is 0 Å². The Morgan fingerprint density at radius 1 is 0.964 bits per heavy atom. The molecule has 1 aromatic rings. The molecule has 1 aromatic carbocycles. The van der Waals surface area contributed by atoms with Crippen LogP contribution in [0.2, 0.25) is 0 Å². The van der Waals surface area contributed by atoms with Crippen LogP contribution >= 0.6 is 11.8 Å². The smallest absolute Gasteiger partial charge is 0.303 e. The molecule has 0 aliphatic carbocycles. The number of carboxylic acids is 1. The molecule has 0 saturated carbocycles. The lowest BCUT2D eigenvalue weighted by Gasteiger charge is -2.11. The summed E-state index contributed by atoms with van der Waals surface area (Å²) in [7, 11) is 0. The molecule has 28 heavy (non-hydrogen) atoms. The predicted octanol–water partition coefficient (Wildman–Crippen LogP) is 0.162. The summed E-state index contributed by atoms with van der Waals surface area (Å²) in [5.74, 6) is -2.43. The number of carbonyl (C=O) groups excluding carboxylic acids is 4. The molecule has 0 aliphatic heterocycles. The molecule has 0 aromatic heterocycles. The average molecular weight is 409 g/mol. The molecule has 4 N–H and O–H groups in total. The van der Waals surface area contributed by atoms with Crippen LogP contribution in [-0.2, 0) is 19.2 Å². The van der Waals surface area contributed by atoms with Gasteiger partial charge in [0, 0.05) is 18.5 Å². The maximum atomic E-state index is 12.0. The van der Waals surface area contributed by atoms with Crippen molar-refractivity contribution in [1.82, 2.24) is 16.0 Å². The third kappa shape index (κ3) is 9.72. The quantitative estimate of drug-likeness (QED) is 0.382. The van der Waals surface area contributed by atoms with Crippen LogP contribution in [0.15, 0.2) is 30.3 Å². The molecule has 152 valence electrons. The zero-order chi connectivity index (χ0) is 20.9. The highest BCUT2D eigenvalue weighted by atomic mass is 32.2. The highest BCUT2D eigenvalue weighted by Crippen LogP contribution is 2.17. The van der Waals surface area contributed by atoms with Crippen molar-refractivity contribution in [3.05, 3.63) is 35.9 Å². The van der Waals surface area contributed by atoms with E-state index in [1.807, 2.05) is 0 Å². The second-order valence-corrected chi connectivity index (χ2v) is 7.07. The summed E-state index contributed by atoms with van der Waals surface area (Å²) in [6.07, 6.45) is 0.240. The fourth-order valence-corrected chi connectivity index (χ4v) is 2.72. The summed E-state index contributed by atoms with van der Waals surface area (Å²) in [4.78, 5) is 57.6. The van der Waals surface area contributed by atoms with Gasteiger partial charge in [-0.25, -0.2) is 0 Å². The molecule has 0 radical (unpaired) electrons. The SMILES string of the molecule is CC(SC(=O)c1ccccc1)C(=O)NCC(=O)NCC(=O)NCCCC(=O)O. The van der Waals surface area contributed by atoms with Crippen LogP contribution in [0.1, 0.15) is 30.1 Å². The molecular formula is C18H23N3O6S. The molecule has 3 amide bonds. The molecule has 0 spiro atoms. The Hall–Kier alpha value is -2.88. The summed E-state index contributed by atoms with van der Waals surface area (Å²) in [5.41, 5.74) is 0.485. The lowest BCUT2D eigenvalue weighted by Crippen LogP contribution is -2.43. The lowest BCUT2D eigenvalue weighted by molar-refractivity contribution is -0.137. The molecule has 0 fully saturated rings. The van der Waals surface area contributed by atoms with E-state index >= 15 is 0 Å². The Morgan fingerprint density at radius 3 is 2.21 bits per heavy atom. The van der Waals surface area contributed by atoms with E-state index < -0.39 is 28.9 Å². The van der Waals surface area contributed by atoms with Crippen molar-refractivity contribution in [3.8, 4) is 0 Å². The van der Waals surface area contributed by atoms with Gasteiger partial charge < -0.3 is 21.1 Å². The standard InChI is InChI=1S/C18H23N3O6S/c1-12(28-18(27)13-6-3-2-4-7-13)17(26)21-11-15(23)20-10-14(22)19-9-5-8-16(24)25/h2-4,6-7,12H,5,8-11H2,1H3,(H,19,22)(H,20,23)(H,21,26)(H,24,25). The fraction of sp³-hybridized carbons (Fsp3) is 0.389. The number of rotatable bonds is 11. The minimum absolute atomic E-state index is 0.0539. The van der Waals surface area contributed by atoms with Gasteiger partial charge in [-0.3, -0.25) is 24.0 Å². The van der Waals surface area contributed by atoms with Crippen molar-refractivity contribution < 1.29 is 29.1 Å². The minimum Gasteiger partial charge on any atom is -0.481 e. The number of amides is 3. The summed E-state index contributed by atoms with van der Waals surface area (Å²) in [6.45, 7) is 1.15. The first-order valence-corrected chi connectivity index (χ1v) is 9.46. The van der Waals surface area contributed by atoms with Gasteiger partial charge in [0.2, 0.25) is 22.8 Å². The van der Waals surface area contributed by atoms with Gasteiger partial charge in [0.15, 0.2) is 0 Å². The number of benzene rings is 1. The number of hydrogen-bond donors (Lipinski definition) is 4. The lowest BCUT2D eigenvalue weighted by atomic mass is 10.2. The van der Waals surface area contributed by atoms with E-state index in [2.05, 4.69) is 16.0 Å². The van der Waals surface area contributed by atoms with Gasteiger partial charge in [-0.1, -0.05) is 42.1 Å². The molecule has 9 nitrogen and oxygen atoms in total. The average Bonchev–Trinajstić information content (AvgIpc) is 2.68. The second-order valence-electron chi connectivity index (χ2n) is 5.76. The number of carbonyl (C=O) groups is 5. The Kier molecular flexibility index (Phi) is 10.3. The molecule has 0 saturated heterocycles. The van der Waals surface area contributed by atoms with Gasteiger partial charge in [0.05, 0.1) is 18.3 Å². The third-order valence-corrected chi connectivity index (χ3v) is 4.44. The number of carboxylic acid groups (broad SMARTS) is 1. The van der Waals surface area contributed by atoms with Crippen molar-refractivity contribution in [2.24, 2.45) is 0 Å². The molecule has 10 heteroatoms. The number of hydrogen-bond acceptors (Lipinski definition) is 6. The maximum absolute atomic E-state index is 12.0. The summed E-state index contributed by atoms with van der Waals surface area (Å²) >= 11 is 0.855. The normalized spacial score (nSPS) is 11.2. The summed E-state index contributed by atoms with van der Waals surface area (Å²) in [6, 6.07) is 8.54. The van der Waals surface area contributed by atoms with E-state index in [-0.39, 0.29) is 31.2 Å². The van der Waals surface area contributed by atoms with Gasteiger partial charge in [-0.05, 0) is 13.3 Å². The largest absolute Gasteiger partial charge is 0.481 e. The Morgan fingerprint density at radius 2 is 1.57 bits per heavy atom. The second kappa shape index (κ2) is 12.5. The third-order valence-electron chi connectivity index (χ3n) is 3.42. The van der Waals surface area contributed by atoms with Crippen LogP contribution in [0.5, 0.6) is 0 Å². The van der Waals surface area contributed by atoms with Crippen LogP contribution < -0.4 is 16.0 Å². The minimum atomic E-state index is -0.948. The van der Waals surface area contributed by atoms with Gasteiger partial charge in [0.1, 0.15) is 0 Å². The van der Waals surface area contributed by atoms with Crippen molar-refractivity contribution >= 4 is 40.6 Å². The van der Waals surface area contributed by atoms with E-state index in [0.29, 0.717) is 12.0 Å². The van der Waals surface area contributed by atoms with Gasteiger partial charge >= 0.3 is 5.97 Å². The fourth-order valence-electron chi connectivity index (χ4n) is 1.94. The topological polar surface area (TPSA) is 142 Å². The Labute approximate surface area is 166 Å². The summed E-state index contributed by atoms with van der Waals surface area (Å²) < 4.78 is 0.